The Bertz CT molecular complexity index is 1710. The number of imidazole rings is 1. The van der Waals surface area contributed by atoms with Crippen molar-refractivity contribution in [3.63, 3.8) is 0 Å². The van der Waals surface area contributed by atoms with Gasteiger partial charge in [-0.15, -0.1) is 0 Å². The number of hydrogen-bond donors (Lipinski definition) is 2. The summed E-state index contributed by atoms with van der Waals surface area (Å²) in [6.45, 7) is 6.17. The molecule has 0 bridgehead atoms. The molecule has 1 aromatic carbocycles. The summed E-state index contributed by atoms with van der Waals surface area (Å²) >= 11 is 0. The number of nitrogens with zero attached hydrogens (tertiary/aromatic N) is 6. The zero-order valence-electron chi connectivity index (χ0n) is 22.4. The highest BCUT2D eigenvalue weighted by Gasteiger charge is 2.21. The molecule has 0 aliphatic carbocycles. The van der Waals surface area contributed by atoms with E-state index >= 15 is 0 Å². The Balaban J connectivity index is 1.32. The normalized spacial score (nSPS) is 14.3. The Kier molecular flexibility index (Phi) is 7.22. The number of anilines is 1. The van der Waals surface area contributed by atoms with Gasteiger partial charge in [0.15, 0.2) is 11.5 Å². The van der Waals surface area contributed by atoms with Gasteiger partial charge in [-0.1, -0.05) is 18.7 Å². The van der Waals surface area contributed by atoms with Gasteiger partial charge in [0.1, 0.15) is 11.6 Å². The Hall–Kier alpha value is -4.96. The monoisotopic (exact) mass is 548 g/mol. The Morgan fingerprint density at radius 3 is 2.59 bits per heavy atom. The number of nitrogens with one attached hydrogen (secondary N) is 1. The van der Waals surface area contributed by atoms with Gasteiger partial charge < -0.3 is 11.1 Å². The summed E-state index contributed by atoms with van der Waals surface area (Å²) in [7, 11) is 0. The maximum Gasteiger partial charge on any atom is 0.243 e. The molecule has 0 unspecified atom stereocenters. The van der Waals surface area contributed by atoms with Crippen LogP contribution in [0.1, 0.15) is 18.4 Å². The smallest absolute Gasteiger partial charge is 0.243 e. The fourth-order valence-corrected chi connectivity index (χ4v) is 5.20. The highest BCUT2D eigenvalue weighted by molar-refractivity contribution is 5.87. The van der Waals surface area contributed by atoms with E-state index in [2.05, 4.69) is 56.0 Å². The molecular formula is C31H29FN8O. The number of aromatic nitrogens is 5. The number of carbonyl (C=O) groups excluding carboxylic acids is 1. The summed E-state index contributed by atoms with van der Waals surface area (Å²) < 4.78 is 15.5. The number of benzene rings is 1. The lowest BCUT2D eigenvalue weighted by Gasteiger charge is -2.32. The van der Waals surface area contributed by atoms with Crippen LogP contribution in [0.5, 0.6) is 0 Å². The van der Waals surface area contributed by atoms with Crippen molar-refractivity contribution in [1.82, 2.24) is 34.7 Å². The van der Waals surface area contributed by atoms with Gasteiger partial charge in [-0.2, -0.15) is 0 Å². The molecule has 0 spiro atoms. The number of amides is 1. The number of pyridine rings is 3. The van der Waals surface area contributed by atoms with Crippen molar-refractivity contribution < 1.29 is 9.18 Å². The number of nitrogens with two attached hydrogens (primary N) is 1. The zero-order chi connectivity index (χ0) is 28.3. The van der Waals surface area contributed by atoms with Crippen molar-refractivity contribution in [2.24, 2.45) is 0 Å². The number of fused-ring (bicyclic) bond motifs is 1. The summed E-state index contributed by atoms with van der Waals surface area (Å²) in [5, 5.41) is 3.00. The second-order valence-electron chi connectivity index (χ2n) is 10.1. The molecule has 1 aliphatic rings. The molecule has 1 aliphatic heterocycles. The van der Waals surface area contributed by atoms with Gasteiger partial charge in [0.2, 0.25) is 5.91 Å². The van der Waals surface area contributed by atoms with Crippen molar-refractivity contribution in [3.8, 4) is 28.3 Å². The molecule has 5 aromatic rings. The molecule has 206 valence electrons. The van der Waals surface area contributed by atoms with Crippen LogP contribution in [0, 0.1) is 5.82 Å². The van der Waals surface area contributed by atoms with Crippen molar-refractivity contribution in [1.29, 1.82) is 0 Å². The number of likely N-dealkylation sites (tertiary alicyclic amines) is 1. The number of halogens is 1. The van der Waals surface area contributed by atoms with Crippen LogP contribution in [0.3, 0.4) is 0 Å². The van der Waals surface area contributed by atoms with E-state index in [4.69, 9.17) is 10.7 Å². The number of carbonyl (C=O) groups is 1. The van der Waals surface area contributed by atoms with Gasteiger partial charge in [0.05, 0.1) is 23.0 Å². The molecule has 1 saturated heterocycles. The highest BCUT2D eigenvalue weighted by Crippen LogP contribution is 2.32. The van der Waals surface area contributed by atoms with Crippen LogP contribution in [0.25, 0.3) is 39.5 Å². The standard InChI is InChI=1S/C31H29FN8O/c1-2-28(41)37-23-11-14-39(15-12-23)19-20-5-8-24(9-6-20)40-27-16-21(26-10-7-22(32)18-35-26)17-36-30(27)38-31(40)25-4-3-13-34-29(25)33/h2-10,13,16-18,23H,1,11-12,14-15,19H2,(H2,33,34)(H,37,41). The van der Waals surface area contributed by atoms with Gasteiger partial charge in [-0.25, -0.2) is 19.3 Å². The summed E-state index contributed by atoms with van der Waals surface area (Å²) in [4.78, 5) is 31.9. The minimum Gasteiger partial charge on any atom is -0.383 e. The number of nitrogen functional groups attached to an aromatic ring is 1. The lowest BCUT2D eigenvalue weighted by atomic mass is 10.0. The first-order chi connectivity index (χ1) is 20.0. The molecule has 1 fully saturated rings. The van der Waals surface area contributed by atoms with Gasteiger partial charge in [0, 0.05) is 49.3 Å². The fraction of sp³-hybridized carbons (Fsp3) is 0.194. The van der Waals surface area contributed by atoms with Crippen LogP contribution >= 0.6 is 0 Å². The van der Waals surface area contributed by atoms with Crippen molar-refractivity contribution in [2.45, 2.75) is 25.4 Å². The minimum absolute atomic E-state index is 0.116. The van der Waals surface area contributed by atoms with Crippen LogP contribution in [-0.2, 0) is 11.3 Å². The van der Waals surface area contributed by atoms with Gasteiger partial charge in [-0.3, -0.25) is 19.2 Å². The minimum atomic E-state index is -0.397. The van der Waals surface area contributed by atoms with E-state index in [1.165, 1.54) is 23.9 Å². The molecule has 3 N–H and O–H groups in total. The van der Waals surface area contributed by atoms with Crippen LogP contribution < -0.4 is 11.1 Å². The van der Waals surface area contributed by atoms with E-state index in [-0.39, 0.29) is 11.9 Å². The molecule has 5 heterocycles. The van der Waals surface area contributed by atoms with Crippen molar-refractivity contribution in [2.75, 3.05) is 18.8 Å². The lowest BCUT2D eigenvalue weighted by Crippen LogP contribution is -2.43. The molecule has 9 nitrogen and oxygen atoms in total. The average Bonchev–Trinajstić information content (AvgIpc) is 3.37. The number of piperidine rings is 1. The third-order valence-corrected chi connectivity index (χ3v) is 7.33. The number of rotatable bonds is 7. The van der Waals surface area contributed by atoms with E-state index in [1.54, 1.807) is 18.5 Å². The summed E-state index contributed by atoms with van der Waals surface area (Å²) in [6.07, 6.45) is 7.66. The zero-order valence-corrected chi connectivity index (χ0v) is 22.4. The maximum atomic E-state index is 13.5. The molecule has 0 saturated carbocycles. The second-order valence-corrected chi connectivity index (χ2v) is 10.1. The first-order valence-corrected chi connectivity index (χ1v) is 13.4. The van der Waals surface area contributed by atoms with Crippen LogP contribution in [-0.4, -0.2) is 54.4 Å². The van der Waals surface area contributed by atoms with Crippen LogP contribution in [0.4, 0.5) is 10.2 Å². The largest absolute Gasteiger partial charge is 0.383 e. The lowest BCUT2D eigenvalue weighted by molar-refractivity contribution is -0.117. The Morgan fingerprint density at radius 2 is 1.88 bits per heavy atom. The summed E-state index contributed by atoms with van der Waals surface area (Å²) in [5.74, 6) is 0.480. The molecule has 1 amide bonds. The highest BCUT2D eigenvalue weighted by atomic mass is 19.1. The molecule has 0 radical (unpaired) electrons. The van der Waals surface area contributed by atoms with E-state index in [1.807, 2.05) is 22.8 Å². The van der Waals surface area contributed by atoms with E-state index in [9.17, 15) is 9.18 Å². The van der Waals surface area contributed by atoms with Gasteiger partial charge in [-0.05, 0) is 66.9 Å². The first-order valence-electron chi connectivity index (χ1n) is 13.4. The third-order valence-electron chi connectivity index (χ3n) is 7.33. The predicted octanol–water partition coefficient (Wildman–Crippen LogP) is 4.53. The Labute approximate surface area is 236 Å². The van der Waals surface area contributed by atoms with Crippen molar-refractivity contribution in [3.05, 3.63) is 97.2 Å². The molecule has 0 atom stereocenters. The fourth-order valence-electron chi connectivity index (χ4n) is 5.20. The predicted molar refractivity (Wildman–Crippen MR) is 156 cm³/mol. The van der Waals surface area contributed by atoms with Crippen molar-refractivity contribution >= 4 is 22.9 Å². The summed E-state index contributed by atoms with van der Waals surface area (Å²) in [5.41, 5.74) is 11.7. The second kappa shape index (κ2) is 11.3. The Morgan fingerprint density at radius 1 is 1.07 bits per heavy atom. The molecular weight excluding hydrogens is 519 g/mol. The van der Waals surface area contributed by atoms with Gasteiger partial charge in [0.25, 0.3) is 0 Å². The summed E-state index contributed by atoms with van der Waals surface area (Å²) in [6, 6.07) is 17.2. The molecule has 10 heteroatoms. The third kappa shape index (κ3) is 5.55. The first kappa shape index (κ1) is 26.3. The molecule has 6 rings (SSSR count). The quantitative estimate of drug-likeness (QED) is 0.287. The molecule has 41 heavy (non-hydrogen) atoms. The van der Waals surface area contributed by atoms with E-state index in [0.717, 1.165) is 49.2 Å². The topological polar surface area (TPSA) is 115 Å². The maximum absolute atomic E-state index is 13.5. The average molecular weight is 549 g/mol. The van der Waals surface area contributed by atoms with Gasteiger partial charge >= 0.3 is 0 Å². The van der Waals surface area contributed by atoms with E-state index < -0.39 is 5.82 Å². The number of hydrogen-bond acceptors (Lipinski definition) is 7. The van der Waals surface area contributed by atoms with E-state index in [0.29, 0.717) is 28.5 Å². The van der Waals surface area contributed by atoms with Crippen LogP contribution in [0.2, 0.25) is 0 Å². The van der Waals surface area contributed by atoms with Crippen LogP contribution in [0.15, 0.2) is 85.8 Å². The SMILES string of the molecule is C=CC(=O)NC1CCN(Cc2ccc(-n3c(-c4cccnc4N)nc4ncc(-c5ccc(F)cn5)cc43)cc2)CC1. The molecule has 4 aromatic heterocycles.